The van der Waals surface area contributed by atoms with E-state index in [9.17, 15) is 0 Å². The van der Waals surface area contributed by atoms with Crippen LogP contribution in [0.1, 0.15) is 40.0 Å². The number of unbranched alkanes of at least 4 members (excludes halogenated alkanes) is 1. The van der Waals surface area contributed by atoms with Gasteiger partial charge in [-0.15, -0.1) is 0 Å². The molecule has 19 heavy (non-hydrogen) atoms. The molecule has 2 rings (SSSR count). The summed E-state index contributed by atoms with van der Waals surface area (Å²) in [5.41, 5.74) is 8.14. The van der Waals surface area contributed by atoms with Crippen molar-refractivity contribution in [3.05, 3.63) is 18.2 Å². The van der Waals surface area contributed by atoms with Crippen molar-refractivity contribution in [2.24, 2.45) is 0 Å². The third kappa shape index (κ3) is 2.83. The summed E-state index contributed by atoms with van der Waals surface area (Å²) in [6.07, 6.45) is 3.37. The molecule has 0 saturated carbocycles. The van der Waals surface area contributed by atoms with Crippen LogP contribution in [0.3, 0.4) is 0 Å². The number of hydrogen-bond acceptors (Lipinski definition) is 4. The molecule has 0 aliphatic rings. The molecule has 2 aromatic rings. The van der Waals surface area contributed by atoms with E-state index < -0.39 is 0 Å². The van der Waals surface area contributed by atoms with Crippen LogP contribution in [0.5, 0.6) is 0 Å². The first-order valence-corrected chi connectivity index (χ1v) is 7.09. The Labute approximate surface area is 114 Å². The number of nitrogens with two attached hydrogens (primary N) is 1. The minimum absolute atomic E-state index is 0.417. The van der Waals surface area contributed by atoms with E-state index >= 15 is 0 Å². The number of nitrogen functional groups attached to an aromatic ring is 1. The first-order chi connectivity index (χ1) is 9.17. The summed E-state index contributed by atoms with van der Waals surface area (Å²) in [4.78, 5) is 6.81. The second-order valence-corrected chi connectivity index (χ2v) is 4.99. The maximum absolute atomic E-state index is 5.94. The number of hydrogen-bond donors (Lipinski definition) is 1. The number of anilines is 2. The highest BCUT2D eigenvalue weighted by Gasteiger charge is 2.19. The van der Waals surface area contributed by atoms with Gasteiger partial charge in [-0.2, -0.15) is 4.98 Å². The van der Waals surface area contributed by atoms with Gasteiger partial charge in [0.05, 0.1) is 5.69 Å². The Morgan fingerprint density at radius 2 is 2.16 bits per heavy atom. The number of oxazole rings is 1. The summed E-state index contributed by atoms with van der Waals surface area (Å²) in [5, 5.41) is 0. The fourth-order valence-corrected chi connectivity index (χ4v) is 2.13. The third-order valence-electron chi connectivity index (χ3n) is 3.56. The first-order valence-electron chi connectivity index (χ1n) is 7.09. The van der Waals surface area contributed by atoms with E-state index in [1.807, 2.05) is 18.2 Å². The number of fused-ring (bicyclic) bond motifs is 1. The van der Waals surface area contributed by atoms with Gasteiger partial charge in [-0.3, -0.25) is 0 Å². The standard InChI is InChI=1S/C15H23N3O/c1-4-6-10-18(11(3)5-2)15-17-14-12(16)8-7-9-13(14)19-15/h7-9,11H,4-6,10,16H2,1-3H3. The highest BCUT2D eigenvalue weighted by atomic mass is 16.4. The minimum Gasteiger partial charge on any atom is -0.423 e. The van der Waals surface area contributed by atoms with Crippen LogP contribution in [0.15, 0.2) is 22.6 Å². The molecule has 0 aliphatic heterocycles. The Balaban J connectivity index is 2.35. The molecule has 1 heterocycles. The van der Waals surface area contributed by atoms with E-state index in [0.29, 0.717) is 17.7 Å². The molecule has 104 valence electrons. The summed E-state index contributed by atoms with van der Waals surface area (Å²) in [7, 11) is 0. The van der Waals surface area contributed by atoms with Crippen LogP contribution in [0.4, 0.5) is 11.7 Å². The fraction of sp³-hybridized carbons (Fsp3) is 0.533. The van der Waals surface area contributed by atoms with Gasteiger partial charge in [-0.25, -0.2) is 0 Å². The molecule has 2 N–H and O–H groups in total. The van der Waals surface area contributed by atoms with Crippen LogP contribution >= 0.6 is 0 Å². The Bertz CT molecular complexity index is 535. The second kappa shape index (κ2) is 5.95. The summed E-state index contributed by atoms with van der Waals surface area (Å²) in [6, 6.07) is 6.77. The molecule has 1 aromatic carbocycles. The normalized spacial score (nSPS) is 12.8. The van der Waals surface area contributed by atoms with Gasteiger partial charge >= 0.3 is 0 Å². The zero-order valence-corrected chi connectivity index (χ0v) is 12.0. The Morgan fingerprint density at radius 3 is 2.79 bits per heavy atom. The predicted octanol–water partition coefficient (Wildman–Crippen LogP) is 3.82. The number of nitrogens with zero attached hydrogens (tertiary/aromatic N) is 2. The Morgan fingerprint density at radius 1 is 1.37 bits per heavy atom. The van der Waals surface area contributed by atoms with E-state index in [2.05, 4.69) is 30.7 Å². The molecule has 0 spiro atoms. The van der Waals surface area contributed by atoms with Crippen LogP contribution in [0, 0.1) is 0 Å². The van der Waals surface area contributed by atoms with Crippen LogP contribution in [-0.4, -0.2) is 17.6 Å². The molecular weight excluding hydrogens is 238 g/mol. The van der Waals surface area contributed by atoms with Gasteiger partial charge in [0, 0.05) is 12.6 Å². The van der Waals surface area contributed by atoms with Gasteiger partial charge in [-0.05, 0) is 31.9 Å². The summed E-state index contributed by atoms with van der Waals surface area (Å²) in [6.45, 7) is 7.55. The van der Waals surface area contributed by atoms with Gasteiger partial charge < -0.3 is 15.1 Å². The lowest BCUT2D eigenvalue weighted by Crippen LogP contribution is -2.33. The van der Waals surface area contributed by atoms with E-state index in [1.165, 1.54) is 0 Å². The summed E-state index contributed by atoms with van der Waals surface area (Å²) in [5.74, 6) is 0. The third-order valence-corrected chi connectivity index (χ3v) is 3.56. The average molecular weight is 261 g/mol. The SMILES string of the molecule is CCCCN(c1nc2c(N)cccc2o1)C(C)CC. The molecule has 1 aromatic heterocycles. The van der Waals surface area contributed by atoms with Gasteiger partial charge in [0.2, 0.25) is 0 Å². The topological polar surface area (TPSA) is 55.3 Å². The molecule has 0 bridgehead atoms. The number of benzene rings is 1. The number of aromatic nitrogens is 1. The van der Waals surface area contributed by atoms with E-state index in [1.54, 1.807) is 0 Å². The molecule has 4 nitrogen and oxygen atoms in total. The minimum atomic E-state index is 0.417. The monoisotopic (exact) mass is 261 g/mol. The molecule has 0 aliphatic carbocycles. The van der Waals surface area contributed by atoms with Gasteiger partial charge in [0.15, 0.2) is 5.58 Å². The second-order valence-electron chi connectivity index (χ2n) is 4.99. The predicted molar refractivity (Wildman–Crippen MR) is 80.4 cm³/mol. The summed E-state index contributed by atoms with van der Waals surface area (Å²) < 4.78 is 5.87. The van der Waals surface area contributed by atoms with Crippen molar-refractivity contribution in [3.8, 4) is 0 Å². The van der Waals surface area contributed by atoms with Crippen molar-refractivity contribution in [2.45, 2.75) is 46.1 Å². The maximum atomic E-state index is 5.94. The lowest BCUT2D eigenvalue weighted by molar-refractivity contribution is 0.508. The number of rotatable bonds is 6. The summed E-state index contributed by atoms with van der Waals surface area (Å²) >= 11 is 0. The molecule has 0 saturated heterocycles. The van der Waals surface area contributed by atoms with E-state index in [4.69, 9.17) is 10.2 Å². The largest absolute Gasteiger partial charge is 0.423 e. The molecule has 0 radical (unpaired) electrons. The quantitative estimate of drug-likeness (QED) is 0.803. The van der Waals surface area contributed by atoms with Crippen molar-refractivity contribution in [1.82, 2.24) is 4.98 Å². The average Bonchev–Trinajstić information content (AvgIpc) is 2.84. The molecule has 4 heteroatoms. The van der Waals surface area contributed by atoms with Crippen LogP contribution in [0.25, 0.3) is 11.1 Å². The van der Waals surface area contributed by atoms with Crippen molar-refractivity contribution in [1.29, 1.82) is 0 Å². The van der Waals surface area contributed by atoms with Crippen molar-refractivity contribution >= 4 is 22.8 Å². The highest BCUT2D eigenvalue weighted by molar-refractivity contribution is 5.86. The highest BCUT2D eigenvalue weighted by Crippen LogP contribution is 2.27. The Kier molecular flexibility index (Phi) is 4.30. The smallest absolute Gasteiger partial charge is 0.298 e. The van der Waals surface area contributed by atoms with Crippen molar-refractivity contribution in [2.75, 3.05) is 17.2 Å². The zero-order chi connectivity index (χ0) is 13.8. The van der Waals surface area contributed by atoms with Gasteiger partial charge in [-0.1, -0.05) is 26.3 Å². The lowest BCUT2D eigenvalue weighted by atomic mass is 10.2. The molecule has 0 fully saturated rings. The Hall–Kier alpha value is -1.71. The van der Waals surface area contributed by atoms with E-state index in [-0.39, 0.29) is 0 Å². The number of para-hydroxylation sites is 1. The molecule has 0 amide bonds. The fourth-order valence-electron chi connectivity index (χ4n) is 2.13. The maximum Gasteiger partial charge on any atom is 0.298 e. The molecule has 1 atom stereocenters. The lowest BCUT2D eigenvalue weighted by Gasteiger charge is -2.26. The van der Waals surface area contributed by atoms with Gasteiger partial charge in [0.25, 0.3) is 6.01 Å². The van der Waals surface area contributed by atoms with Crippen molar-refractivity contribution < 1.29 is 4.42 Å². The van der Waals surface area contributed by atoms with E-state index in [0.717, 1.165) is 36.9 Å². The van der Waals surface area contributed by atoms with Crippen LogP contribution in [0.2, 0.25) is 0 Å². The van der Waals surface area contributed by atoms with Crippen LogP contribution < -0.4 is 10.6 Å². The first kappa shape index (κ1) is 13.7. The molecular formula is C15H23N3O. The van der Waals surface area contributed by atoms with Crippen LogP contribution in [-0.2, 0) is 0 Å². The van der Waals surface area contributed by atoms with Gasteiger partial charge in [0.1, 0.15) is 5.52 Å². The molecule has 1 unspecified atom stereocenters. The van der Waals surface area contributed by atoms with Crippen molar-refractivity contribution in [3.63, 3.8) is 0 Å². The zero-order valence-electron chi connectivity index (χ0n) is 12.0.